The van der Waals surface area contributed by atoms with Crippen molar-refractivity contribution in [1.82, 2.24) is 10.2 Å². The molecule has 1 aliphatic rings. The van der Waals surface area contributed by atoms with E-state index in [9.17, 15) is 9.59 Å². The highest BCUT2D eigenvalue weighted by atomic mass is 16.4. The fourth-order valence-electron chi connectivity index (χ4n) is 1.85. The van der Waals surface area contributed by atoms with Crippen LogP contribution >= 0.6 is 0 Å². The number of rotatable bonds is 7. The van der Waals surface area contributed by atoms with Crippen molar-refractivity contribution in [3.63, 3.8) is 0 Å². The van der Waals surface area contributed by atoms with Crippen LogP contribution in [0.15, 0.2) is 0 Å². The molecule has 1 aliphatic carbocycles. The molecule has 0 aromatic carbocycles. The Morgan fingerprint density at radius 1 is 1.53 bits per heavy atom. The van der Waals surface area contributed by atoms with Crippen LogP contribution in [0, 0.1) is 24.2 Å². The second kappa shape index (κ2) is 7.03. The monoisotopic (exact) mass is 266 g/mol. The number of carbonyl (C=O) groups excluding carboxylic acids is 1. The first-order chi connectivity index (χ1) is 8.99. The molecule has 0 saturated heterocycles. The Balaban J connectivity index is 2.61. The van der Waals surface area contributed by atoms with E-state index in [-0.39, 0.29) is 18.5 Å². The first-order valence-corrected chi connectivity index (χ1v) is 6.71. The molecule has 0 aliphatic heterocycles. The minimum absolute atomic E-state index is 0.116. The highest BCUT2D eigenvalue weighted by Crippen LogP contribution is 2.29. The zero-order chi connectivity index (χ0) is 14.4. The van der Waals surface area contributed by atoms with Crippen molar-refractivity contribution in [3.05, 3.63) is 0 Å². The van der Waals surface area contributed by atoms with E-state index in [0.29, 0.717) is 18.9 Å². The highest BCUT2D eigenvalue weighted by Gasteiger charge is 2.30. The summed E-state index contributed by atoms with van der Waals surface area (Å²) in [5, 5.41) is 11.7. The van der Waals surface area contributed by atoms with Gasteiger partial charge >= 0.3 is 12.0 Å². The number of nitrogens with one attached hydrogen (secondary N) is 1. The molecule has 1 fully saturated rings. The Hall–Kier alpha value is -1.70. The molecule has 1 saturated carbocycles. The number of carboxylic acid groups (broad SMARTS) is 1. The summed E-state index contributed by atoms with van der Waals surface area (Å²) in [5.41, 5.74) is 0. The second-order valence-corrected chi connectivity index (χ2v) is 5.18. The average Bonchev–Trinajstić information content (AvgIpc) is 3.17. The van der Waals surface area contributed by atoms with E-state index in [1.54, 1.807) is 0 Å². The van der Waals surface area contributed by atoms with Crippen LogP contribution in [0.3, 0.4) is 0 Å². The van der Waals surface area contributed by atoms with Crippen LogP contribution in [0.2, 0.25) is 0 Å². The summed E-state index contributed by atoms with van der Waals surface area (Å²) in [7, 11) is 0. The third kappa shape index (κ3) is 4.82. The maximum Gasteiger partial charge on any atom is 0.326 e. The number of amides is 2. The molecule has 0 radical (unpaired) electrons. The highest BCUT2D eigenvalue weighted by molar-refractivity contribution is 5.83. The fourth-order valence-corrected chi connectivity index (χ4v) is 1.85. The van der Waals surface area contributed by atoms with Crippen molar-refractivity contribution in [3.8, 4) is 12.3 Å². The molecular weight excluding hydrogens is 244 g/mol. The molecule has 5 nitrogen and oxygen atoms in total. The van der Waals surface area contributed by atoms with Crippen LogP contribution in [-0.4, -0.2) is 41.1 Å². The lowest BCUT2D eigenvalue weighted by Gasteiger charge is -2.26. The maximum absolute atomic E-state index is 12.1. The number of hydrogen-bond acceptors (Lipinski definition) is 2. The van der Waals surface area contributed by atoms with Crippen molar-refractivity contribution in [1.29, 1.82) is 0 Å². The van der Waals surface area contributed by atoms with Gasteiger partial charge in [-0.2, -0.15) is 0 Å². The number of urea groups is 1. The molecule has 106 valence electrons. The molecule has 0 heterocycles. The van der Waals surface area contributed by atoms with Gasteiger partial charge in [0.2, 0.25) is 0 Å². The summed E-state index contributed by atoms with van der Waals surface area (Å²) in [6.07, 6.45) is 8.17. The van der Waals surface area contributed by atoms with E-state index in [4.69, 9.17) is 11.5 Å². The van der Waals surface area contributed by atoms with Crippen LogP contribution in [0.5, 0.6) is 0 Å². The van der Waals surface area contributed by atoms with Crippen LogP contribution in [0.1, 0.15) is 33.1 Å². The number of carboxylic acids is 1. The van der Waals surface area contributed by atoms with Gasteiger partial charge in [-0.15, -0.1) is 6.42 Å². The Kier molecular flexibility index (Phi) is 5.68. The molecule has 0 spiro atoms. The van der Waals surface area contributed by atoms with Gasteiger partial charge in [-0.05, 0) is 24.7 Å². The normalized spacial score (nSPS) is 17.1. The standard InChI is InChI=1S/C14H22N2O3/c1-4-8-16(9-11-6-7-11)14(19)15-12(13(17)18)10(3)5-2/h1,10-12H,5-9H2,2-3H3,(H,15,19)(H,17,18)/t10-,12-/m0/s1. The average molecular weight is 266 g/mol. The molecule has 5 heteroatoms. The van der Waals surface area contributed by atoms with Crippen LogP contribution in [-0.2, 0) is 4.79 Å². The van der Waals surface area contributed by atoms with E-state index in [2.05, 4.69) is 11.2 Å². The van der Waals surface area contributed by atoms with Crippen LogP contribution in [0.25, 0.3) is 0 Å². The van der Waals surface area contributed by atoms with Crippen molar-refractivity contribution in [2.75, 3.05) is 13.1 Å². The van der Waals surface area contributed by atoms with Gasteiger partial charge in [0.1, 0.15) is 6.04 Å². The van der Waals surface area contributed by atoms with Gasteiger partial charge in [0, 0.05) is 6.54 Å². The Labute approximate surface area is 114 Å². The number of aliphatic carboxylic acids is 1. The number of carbonyl (C=O) groups is 2. The van der Waals surface area contributed by atoms with Gasteiger partial charge < -0.3 is 15.3 Å². The zero-order valence-corrected chi connectivity index (χ0v) is 11.6. The van der Waals surface area contributed by atoms with Crippen molar-refractivity contribution in [2.45, 2.75) is 39.2 Å². The molecular formula is C14H22N2O3. The molecule has 0 aromatic rings. The quantitative estimate of drug-likeness (QED) is 0.687. The molecule has 2 atom stereocenters. The largest absolute Gasteiger partial charge is 0.480 e. The summed E-state index contributed by atoms with van der Waals surface area (Å²) in [5.74, 6) is 1.84. The summed E-state index contributed by atoms with van der Waals surface area (Å²) < 4.78 is 0. The van der Waals surface area contributed by atoms with Gasteiger partial charge in [0.25, 0.3) is 0 Å². The smallest absolute Gasteiger partial charge is 0.326 e. The Morgan fingerprint density at radius 3 is 2.58 bits per heavy atom. The summed E-state index contributed by atoms with van der Waals surface area (Å²) in [4.78, 5) is 24.8. The zero-order valence-electron chi connectivity index (χ0n) is 11.6. The molecule has 0 aromatic heterocycles. The number of nitrogens with zero attached hydrogens (tertiary/aromatic N) is 1. The molecule has 0 unspecified atom stereocenters. The SMILES string of the molecule is C#CCN(CC1CC1)C(=O)N[C@H](C(=O)O)[C@@H](C)CC. The third-order valence-electron chi connectivity index (χ3n) is 3.50. The van der Waals surface area contributed by atoms with Gasteiger partial charge in [-0.25, -0.2) is 9.59 Å². The Morgan fingerprint density at radius 2 is 2.16 bits per heavy atom. The van der Waals surface area contributed by atoms with E-state index in [1.807, 2.05) is 13.8 Å². The fraction of sp³-hybridized carbons (Fsp3) is 0.714. The van der Waals surface area contributed by atoms with Crippen LogP contribution < -0.4 is 5.32 Å². The Bertz CT molecular complexity index is 371. The first kappa shape index (κ1) is 15.4. The van der Waals surface area contributed by atoms with Crippen molar-refractivity contribution >= 4 is 12.0 Å². The van der Waals surface area contributed by atoms with Crippen molar-refractivity contribution < 1.29 is 14.7 Å². The van der Waals surface area contributed by atoms with Crippen LogP contribution in [0.4, 0.5) is 4.79 Å². The molecule has 0 bridgehead atoms. The van der Waals surface area contributed by atoms with Gasteiger partial charge in [-0.1, -0.05) is 26.2 Å². The lowest BCUT2D eigenvalue weighted by molar-refractivity contribution is -0.140. The lowest BCUT2D eigenvalue weighted by Crippen LogP contribution is -2.51. The first-order valence-electron chi connectivity index (χ1n) is 6.71. The van der Waals surface area contributed by atoms with E-state index in [1.165, 1.54) is 4.90 Å². The lowest BCUT2D eigenvalue weighted by atomic mass is 9.99. The van der Waals surface area contributed by atoms with E-state index >= 15 is 0 Å². The van der Waals surface area contributed by atoms with Gasteiger partial charge in [-0.3, -0.25) is 0 Å². The molecule has 2 N–H and O–H groups in total. The molecule has 1 rings (SSSR count). The minimum Gasteiger partial charge on any atom is -0.480 e. The maximum atomic E-state index is 12.1. The summed E-state index contributed by atoms with van der Waals surface area (Å²) >= 11 is 0. The predicted octanol–water partition coefficient (Wildman–Crippen LogP) is 1.54. The summed E-state index contributed by atoms with van der Waals surface area (Å²) in [6.45, 7) is 4.54. The van der Waals surface area contributed by atoms with Gasteiger partial charge in [0.05, 0.1) is 6.54 Å². The van der Waals surface area contributed by atoms with E-state index in [0.717, 1.165) is 12.8 Å². The summed E-state index contributed by atoms with van der Waals surface area (Å²) in [6, 6.07) is -1.24. The number of terminal acetylenes is 1. The number of hydrogen-bond donors (Lipinski definition) is 2. The second-order valence-electron chi connectivity index (χ2n) is 5.18. The predicted molar refractivity (Wildman–Crippen MR) is 72.5 cm³/mol. The topological polar surface area (TPSA) is 69.6 Å². The molecule has 19 heavy (non-hydrogen) atoms. The molecule has 2 amide bonds. The third-order valence-corrected chi connectivity index (χ3v) is 3.50. The van der Waals surface area contributed by atoms with Crippen molar-refractivity contribution in [2.24, 2.45) is 11.8 Å². The minimum atomic E-state index is -1.00. The van der Waals surface area contributed by atoms with Gasteiger partial charge in [0.15, 0.2) is 0 Å². The van der Waals surface area contributed by atoms with E-state index < -0.39 is 12.0 Å².